The minimum Gasteiger partial charge on any atom is -0.346 e. The number of anilines is 1. The van der Waals surface area contributed by atoms with Crippen molar-refractivity contribution >= 4 is 34.8 Å². The number of rotatable bonds is 5. The standard InChI is InChI=1S/C24H23N3O2S/c1-16-11-13-19(14-12-16)22(28)27-24(30)26-21-10-6-9-20(15-21)23(29)25-17(2)18-7-4-3-5-8-18/h3-15,17H,1-2H3,(H,25,29)(H2,26,27,28,30). The van der Waals surface area contributed by atoms with Crippen LogP contribution in [0.2, 0.25) is 0 Å². The molecule has 0 aromatic heterocycles. The highest BCUT2D eigenvalue weighted by molar-refractivity contribution is 7.80. The Hall–Kier alpha value is -3.51. The Morgan fingerprint density at radius 2 is 1.53 bits per heavy atom. The van der Waals surface area contributed by atoms with Gasteiger partial charge in [0.05, 0.1) is 6.04 Å². The molecule has 0 spiro atoms. The molecule has 3 aromatic carbocycles. The second-order valence-corrected chi connectivity index (χ2v) is 7.37. The van der Waals surface area contributed by atoms with E-state index in [0.717, 1.165) is 11.1 Å². The van der Waals surface area contributed by atoms with Gasteiger partial charge in [0, 0.05) is 16.8 Å². The fourth-order valence-corrected chi connectivity index (χ4v) is 3.10. The van der Waals surface area contributed by atoms with E-state index in [4.69, 9.17) is 12.2 Å². The van der Waals surface area contributed by atoms with Gasteiger partial charge in [0.1, 0.15) is 0 Å². The molecule has 2 amide bonds. The van der Waals surface area contributed by atoms with Crippen LogP contribution in [0, 0.1) is 6.92 Å². The summed E-state index contributed by atoms with van der Waals surface area (Å²) in [6.45, 7) is 3.89. The van der Waals surface area contributed by atoms with Gasteiger partial charge in [0.2, 0.25) is 0 Å². The van der Waals surface area contributed by atoms with Gasteiger partial charge in [-0.1, -0.05) is 54.1 Å². The monoisotopic (exact) mass is 417 g/mol. The number of carbonyl (C=O) groups excluding carboxylic acids is 2. The highest BCUT2D eigenvalue weighted by atomic mass is 32.1. The van der Waals surface area contributed by atoms with Crippen molar-refractivity contribution < 1.29 is 9.59 Å². The molecule has 0 radical (unpaired) electrons. The van der Waals surface area contributed by atoms with E-state index in [9.17, 15) is 9.59 Å². The quantitative estimate of drug-likeness (QED) is 0.530. The lowest BCUT2D eigenvalue weighted by molar-refractivity contribution is 0.0938. The maximum atomic E-state index is 12.6. The Morgan fingerprint density at radius 3 is 2.23 bits per heavy atom. The van der Waals surface area contributed by atoms with E-state index in [1.807, 2.05) is 56.3 Å². The lowest BCUT2D eigenvalue weighted by Crippen LogP contribution is -2.34. The highest BCUT2D eigenvalue weighted by Crippen LogP contribution is 2.15. The lowest BCUT2D eigenvalue weighted by atomic mass is 10.1. The smallest absolute Gasteiger partial charge is 0.257 e. The minimum atomic E-state index is -0.293. The Bertz CT molecular complexity index is 1050. The molecular formula is C24H23N3O2S. The Morgan fingerprint density at radius 1 is 0.833 bits per heavy atom. The molecule has 0 aliphatic rings. The molecule has 3 rings (SSSR count). The van der Waals surface area contributed by atoms with Gasteiger partial charge in [0.25, 0.3) is 11.8 Å². The van der Waals surface area contributed by atoms with Crippen molar-refractivity contribution in [3.63, 3.8) is 0 Å². The normalized spacial score (nSPS) is 11.3. The van der Waals surface area contributed by atoms with Gasteiger partial charge in [-0.3, -0.25) is 14.9 Å². The van der Waals surface area contributed by atoms with Crippen molar-refractivity contribution in [3.8, 4) is 0 Å². The number of hydrogen-bond acceptors (Lipinski definition) is 3. The second kappa shape index (κ2) is 9.80. The Balaban J connectivity index is 1.60. The summed E-state index contributed by atoms with van der Waals surface area (Å²) in [5.41, 5.74) is 3.73. The molecular weight excluding hydrogens is 394 g/mol. The summed E-state index contributed by atoms with van der Waals surface area (Å²) in [7, 11) is 0. The van der Waals surface area contributed by atoms with Crippen LogP contribution < -0.4 is 16.0 Å². The van der Waals surface area contributed by atoms with Gasteiger partial charge in [-0.25, -0.2) is 0 Å². The van der Waals surface area contributed by atoms with Gasteiger partial charge in [-0.2, -0.15) is 0 Å². The van der Waals surface area contributed by atoms with Crippen molar-refractivity contribution in [1.82, 2.24) is 10.6 Å². The van der Waals surface area contributed by atoms with Crippen LogP contribution in [0.15, 0.2) is 78.9 Å². The summed E-state index contributed by atoms with van der Waals surface area (Å²) in [6.07, 6.45) is 0. The van der Waals surface area contributed by atoms with Gasteiger partial charge >= 0.3 is 0 Å². The van der Waals surface area contributed by atoms with Crippen molar-refractivity contribution in [3.05, 3.63) is 101 Å². The zero-order valence-corrected chi connectivity index (χ0v) is 17.6. The van der Waals surface area contributed by atoms with Crippen LogP contribution in [0.1, 0.15) is 44.8 Å². The number of benzene rings is 3. The number of nitrogens with one attached hydrogen (secondary N) is 3. The molecule has 0 saturated carbocycles. The Kier molecular flexibility index (Phi) is 6.93. The first-order valence-electron chi connectivity index (χ1n) is 9.57. The van der Waals surface area contributed by atoms with Crippen molar-refractivity contribution in [1.29, 1.82) is 0 Å². The molecule has 6 heteroatoms. The van der Waals surface area contributed by atoms with Crippen LogP contribution in [0.5, 0.6) is 0 Å². The average molecular weight is 418 g/mol. The third kappa shape index (κ3) is 5.75. The number of amides is 2. The molecule has 30 heavy (non-hydrogen) atoms. The molecule has 3 aromatic rings. The highest BCUT2D eigenvalue weighted by Gasteiger charge is 2.12. The molecule has 1 atom stereocenters. The predicted octanol–water partition coefficient (Wildman–Crippen LogP) is 4.61. The van der Waals surface area contributed by atoms with Gasteiger partial charge in [-0.05, 0) is 62.0 Å². The van der Waals surface area contributed by atoms with E-state index >= 15 is 0 Å². The number of hydrogen-bond donors (Lipinski definition) is 3. The van der Waals surface area contributed by atoms with Crippen LogP contribution in [-0.4, -0.2) is 16.9 Å². The zero-order valence-electron chi connectivity index (χ0n) is 16.8. The van der Waals surface area contributed by atoms with Gasteiger partial charge in [0.15, 0.2) is 5.11 Å². The number of carbonyl (C=O) groups is 2. The molecule has 0 aliphatic heterocycles. The van der Waals surface area contributed by atoms with Crippen LogP contribution >= 0.6 is 12.2 Å². The van der Waals surface area contributed by atoms with Gasteiger partial charge in [-0.15, -0.1) is 0 Å². The van der Waals surface area contributed by atoms with Crippen LogP contribution in [0.4, 0.5) is 5.69 Å². The SMILES string of the molecule is Cc1ccc(C(=O)NC(=S)Nc2cccc(C(=O)NC(C)c3ccccc3)c2)cc1. The number of thiocarbonyl (C=S) groups is 1. The second-order valence-electron chi connectivity index (χ2n) is 6.96. The van der Waals surface area contributed by atoms with Crippen molar-refractivity contribution in [2.75, 3.05) is 5.32 Å². The van der Waals surface area contributed by atoms with Gasteiger partial charge < -0.3 is 10.6 Å². The minimum absolute atomic E-state index is 0.120. The third-order valence-electron chi connectivity index (χ3n) is 4.57. The van der Waals surface area contributed by atoms with Crippen LogP contribution in [0.25, 0.3) is 0 Å². The molecule has 152 valence electrons. The summed E-state index contributed by atoms with van der Waals surface area (Å²) in [4.78, 5) is 24.9. The fourth-order valence-electron chi connectivity index (χ4n) is 2.89. The predicted molar refractivity (Wildman–Crippen MR) is 124 cm³/mol. The van der Waals surface area contributed by atoms with Crippen LogP contribution in [-0.2, 0) is 0 Å². The molecule has 0 bridgehead atoms. The fraction of sp³-hybridized carbons (Fsp3) is 0.125. The van der Waals surface area contributed by atoms with Crippen molar-refractivity contribution in [2.45, 2.75) is 19.9 Å². The molecule has 5 nitrogen and oxygen atoms in total. The average Bonchev–Trinajstić information content (AvgIpc) is 2.74. The van der Waals surface area contributed by atoms with E-state index in [2.05, 4.69) is 16.0 Å². The first-order chi connectivity index (χ1) is 14.4. The molecule has 0 heterocycles. The molecule has 0 saturated heterocycles. The van der Waals surface area contributed by atoms with E-state index in [1.165, 1.54) is 0 Å². The summed E-state index contributed by atoms with van der Waals surface area (Å²) in [5, 5.41) is 8.75. The molecule has 0 aliphatic carbocycles. The van der Waals surface area contributed by atoms with Crippen molar-refractivity contribution in [2.24, 2.45) is 0 Å². The third-order valence-corrected chi connectivity index (χ3v) is 4.77. The number of aryl methyl sites for hydroxylation is 1. The molecule has 0 fully saturated rings. The first kappa shape index (κ1) is 21.2. The summed E-state index contributed by atoms with van der Waals surface area (Å²) in [5.74, 6) is -0.484. The molecule has 3 N–H and O–H groups in total. The summed E-state index contributed by atoms with van der Waals surface area (Å²) >= 11 is 5.24. The van der Waals surface area contributed by atoms with E-state index in [1.54, 1.807) is 36.4 Å². The van der Waals surface area contributed by atoms with E-state index < -0.39 is 0 Å². The molecule has 1 unspecified atom stereocenters. The summed E-state index contributed by atoms with van der Waals surface area (Å²) in [6, 6.07) is 23.8. The maximum absolute atomic E-state index is 12.6. The van der Waals surface area contributed by atoms with E-state index in [-0.39, 0.29) is 23.0 Å². The topological polar surface area (TPSA) is 70.2 Å². The lowest BCUT2D eigenvalue weighted by Gasteiger charge is -2.15. The largest absolute Gasteiger partial charge is 0.346 e. The first-order valence-corrected chi connectivity index (χ1v) is 9.98. The van der Waals surface area contributed by atoms with Crippen LogP contribution in [0.3, 0.4) is 0 Å². The van der Waals surface area contributed by atoms with E-state index in [0.29, 0.717) is 16.8 Å². The maximum Gasteiger partial charge on any atom is 0.257 e. The Labute approximate surface area is 181 Å². The summed E-state index contributed by atoms with van der Waals surface area (Å²) < 4.78 is 0. The zero-order chi connectivity index (χ0) is 21.5.